The Morgan fingerprint density at radius 2 is 1.44 bits per heavy atom. The Balaban J connectivity index is 1.79. The quantitative estimate of drug-likeness (QED) is 0.331. The van der Waals surface area contributed by atoms with Gasteiger partial charge >= 0.3 is 0 Å². The molecule has 0 bridgehead atoms. The fourth-order valence-corrected chi connectivity index (χ4v) is 3.46. The summed E-state index contributed by atoms with van der Waals surface area (Å²) in [5, 5.41) is 33.2. The number of aliphatic imine (C=N–C) groups is 1. The molecule has 0 heterocycles. The third-order valence-corrected chi connectivity index (χ3v) is 5.19. The zero-order valence-electron chi connectivity index (χ0n) is 17.4. The van der Waals surface area contributed by atoms with Crippen molar-refractivity contribution >= 4 is 28.6 Å². The molecule has 1 aliphatic carbocycles. The van der Waals surface area contributed by atoms with Crippen LogP contribution in [0.25, 0.3) is 0 Å². The van der Waals surface area contributed by atoms with Crippen molar-refractivity contribution in [2.75, 3.05) is 5.32 Å². The molecule has 0 unspecified atom stereocenters. The zero-order chi connectivity index (χ0) is 22.7. The Kier molecular flexibility index (Phi) is 5.77. The Bertz CT molecular complexity index is 1240. The van der Waals surface area contributed by atoms with Crippen molar-refractivity contribution in [2.45, 2.75) is 13.3 Å². The minimum Gasteiger partial charge on any atom is -0.508 e. The average Bonchev–Trinajstić information content (AvgIpc) is 2.78. The topological polar surface area (TPSA) is 102 Å². The van der Waals surface area contributed by atoms with Crippen molar-refractivity contribution in [3.05, 3.63) is 95.6 Å². The number of allylic oxidation sites excluding steroid dienone is 4. The van der Waals surface area contributed by atoms with Gasteiger partial charge in [0.2, 0.25) is 0 Å². The van der Waals surface area contributed by atoms with Crippen LogP contribution in [0.15, 0.2) is 83.9 Å². The Labute approximate surface area is 185 Å². The van der Waals surface area contributed by atoms with E-state index in [9.17, 15) is 20.1 Å². The number of rotatable bonds is 5. The molecule has 0 amide bonds. The van der Waals surface area contributed by atoms with E-state index in [2.05, 4.69) is 5.32 Å². The molecule has 3 aromatic carbocycles. The molecule has 6 nitrogen and oxygen atoms in total. The van der Waals surface area contributed by atoms with Crippen LogP contribution in [0.1, 0.15) is 16.7 Å². The third kappa shape index (κ3) is 4.70. The predicted molar refractivity (Wildman–Crippen MR) is 126 cm³/mol. The summed E-state index contributed by atoms with van der Waals surface area (Å²) in [7, 11) is 0. The molecule has 0 saturated heterocycles. The van der Waals surface area contributed by atoms with Gasteiger partial charge in [-0.15, -0.1) is 0 Å². The van der Waals surface area contributed by atoms with Crippen LogP contribution in [-0.2, 0) is 11.2 Å². The fourth-order valence-electron chi connectivity index (χ4n) is 3.46. The summed E-state index contributed by atoms with van der Waals surface area (Å²) in [6.45, 7) is 1.89. The number of aromatic hydroxyl groups is 3. The van der Waals surface area contributed by atoms with E-state index in [0.29, 0.717) is 29.1 Å². The number of benzene rings is 3. The molecule has 160 valence electrons. The van der Waals surface area contributed by atoms with E-state index in [-0.39, 0.29) is 23.0 Å². The minimum atomic E-state index is -0.0955. The van der Waals surface area contributed by atoms with Crippen molar-refractivity contribution in [1.82, 2.24) is 0 Å². The number of carbonyl (C=O) groups excluding carboxylic acids is 1. The summed E-state index contributed by atoms with van der Waals surface area (Å²) in [6.07, 6.45) is 6.68. The molecular formula is C26H22N2O4. The van der Waals surface area contributed by atoms with E-state index in [1.807, 2.05) is 6.92 Å². The number of hydrogen-bond donors (Lipinski definition) is 4. The lowest BCUT2D eigenvalue weighted by Gasteiger charge is -2.18. The Hall–Kier alpha value is -4.32. The second-order valence-corrected chi connectivity index (χ2v) is 7.52. The highest BCUT2D eigenvalue weighted by Crippen LogP contribution is 2.40. The van der Waals surface area contributed by atoms with Crippen LogP contribution in [0.4, 0.5) is 17.1 Å². The van der Waals surface area contributed by atoms with Crippen LogP contribution in [0.2, 0.25) is 0 Å². The molecule has 0 aliphatic heterocycles. The summed E-state index contributed by atoms with van der Waals surface area (Å²) < 4.78 is 0. The van der Waals surface area contributed by atoms with Gasteiger partial charge < -0.3 is 20.6 Å². The van der Waals surface area contributed by atoms with Gasteiger partial charge in [0, 0.05) is 23.7 Å². The van der Waals surface area contributed by atoms with Gasteiger partial charge in [0.15, 0.2) is 5.78 Å². The van der Waals surface area contributed by atoms with Crippen LogP contribution in [0.5, 0.6) is 17.2 Å². The molecular weight excluding hydrogens is 404 g/mol. The smallest absolute Gasteiger partial charge is 0.178 e. The summed E-state index contributed by atoms with van der Waals surface area (Å²) in [5.74, 6) is 0.356. The maximum absolute atomic E-state index is 11.5. The molecule has 6 heteroatoms. The molecule has 32 heavy (non-hydrogen) atoms. The molecule has 0 saturated carbocycles. The van der Waals surface area contributed by atoms with Gasteiger partial charge in [-0.3, -0.25) is 4.79 Å². The van der Waals surface area contributed by atoms with Crippen LogP contribution >= 0.6 is 0 Å². The van der Waals surface area contributed by atoms with E-state index >= 15 is 0 Å². The van der Waals surface area contributed by atoms with Crippen LogP contribution in [-0.4, -0.2) is 26.8 Å². The molecule has 3 aromatic rings. The fraction of sp³-hybridized carbons (Fsp3) is 0.0769. The molecule has 0 atom stereocenters. The molecule has 0 aromatic heterocycles. The molecule has 4 rings (SSSR count). The van der Waals surface area contributed by atoms with Crippen molar-refractivity contribution in [1.29, 1.82) is 0 Å². The van der Waals surface area contributed by atoms with E-state index in [1.54, 1.807) is 66.7 Å². The van der Waals surface area contributed by atoms with Crippen LogP contribution in [0, 0.1) is 6.92 Å². The van der Waals surface area contributed by atoms with Gasteiger partial charge in [-0.1, -0.05) is 12.1 Å². The molecule has 0 spiro atoms. The molecule has 1 aliphatic rings. The Morgan fingerprint density at radius 3 is 2.06 bits per heavy atom. The number of ketones is 1. The largest absolute Gasteiger partial charge is 0.508 e. The second-order valence-electron chi connectivity index (χ2n) is 7.52. The number of hydrogen-bond acceptors (Lipinski definition) is 6. The summed E-state index contributed by atoms with van der Waals surface area (Å²) in [4.78, 5) is 16.2. The number of nitrogens with one attached hydrogen (secondary N) is 1. The second kappa shape index (κ2) is 8.81. The number of nitrogens with zero attached hydrogens (tertiary/aromatic N) is 1. The molecule has 4 N–H and O–H groups in total. The number of phenolic OH excluding ortho intramolecular Hbond substituents is 3. The van der Waals surface area contributed by atoms with Gasteiger partial charge in [0.1, 0.15) is 17.2 Å². The number of phenols is 3. The molecule has 0 radical (unpaired) electrons. The number of anilines is 2. The van der Waals surface area contributed by atoms with Crippen molar-refractivity contribution in [3.63, 3.8) is 0 Å². The normalized spacial score (nSPS) is 12.8. The van der Waals surface area contributed by atoms with Gasteiger partial charge in [-0.2, -0.15) is 0 Å². The van der Waals surface area contributed by atoms with Gasteiger partial charge in [0.05, 0.1) is 17.1 Å². The van der Waals surface area contributed by atoms with E-state index in [4.69, 9.17) is 4.99 Å². The SMILES string of the molecule is Cc1c(Cc2ccc(O)cc2)c(O)cc(Nc2ccc(O)cc2)c1N=C1C=CC(=O)C=C1. The Morgan fingerprint density at radius 1 is 0.844 bits per heavy atom. The first-order valence-corrected chi connectivity index (χ1v) is 10.1. The van der Waals surface area contributed by atoms with E-state index in [1.165, 1.54) is 12.2 Å². The van der Waals surface area contributed by atoms with Gasteiger partial charge in [-0.25, -0.2) is 4.99 Å². The van der Waals surface area contributed by atoms with Gasteiger partial charge in [-0.05, 0) is 78.8 Å². The molecule has 0 fully saturated rings. The maximum Gasteiger partial charge on any atom is 0.178 e. The first-order valence-electron chi connectivity index (χ1n) is 10.1. The number of carbonyl (C=O) groups is 1. The zero-order valence-corrected chi connectivity index (χ0v) is 17.4. The highest BCUT2D eigenvalue weighted by Gasteiger charge is 2.16. The van der Waals surface area contributed by atoms with Crippen molar-refractivity contribution in [3.8, 4) is 17.2 Å². The van der Waals surface area contributed by atoms with Crippen LogP contribution in [0.3, 0.4) is 0 Å². The summed E-state index contributed by atoms with van der Waals surface area (Å²) >= 11 is 0. The average molecular weight is 426 g/mol. The third-order valence-electron chi connectivity index (χ3n) is 5.19. The van der Waals surface area contributed by atoms with E-state index in [0.717, 1.165) is 16.8 Å². The maximum atomic E-state index is 11.5. The summed E-state index contributed by atoms with van der Waals surface area (Å²) in [6, 6.07) is 15.0. The first-order chi connectivity index (χ1) is 15.4. The highest BCUT2D eigenvalue weighted by atomic mass is 16.3. The standard InChI is InChI=1S/C26H22N2O4/c1-16-23(14-17-2-8-20(29)9-3-17)25(32)15-24(27-18-4-10-21(30)11-5-18)26(16)28-19-6-12-22(31)13-7-19/h2-13,15,27,29-30,32H,14H2,1H3. The van der Waals surface area contributed by atoms with Crippen LogP contribution < -0.4 is 5.32 Å². The predicted octanol–water partition coefficient (Wildman–Crippen LogP) is 5.21. The first kappa shape index (κ1) is 20.9. The van der Waals surface area contributed by atoms with Crippen molar-refractivity contribution < 1.29 is 20.1 Å². The van der Waals surface area contributed by atoms with Crippen molar-refractivity contribution in [2.24, 2.45) is 4.99 Å². The minimum absolute atomic E-state index is 0.0955. The lowest BCUT2D eigenvalue weighted by atomic mass is 9.96. The monoisotopic (exact) mass is 426 g/mol. The van der Waals surface area contributed by atoms with E-state index < -0.39 is 0 Å². The summed E-state index contributed by atoms with van der Waals surface area (Å²) in [5.41, 5.74) is 4.98. The highest BCUT2D eigenvalue weighted by molar-refractivity contribution is 6.17. The van der Waals surface area contributed by atoms with Gasteiger partial charge in [0.25, 0.3) is 0 Å². The lowest BCUT2D eigenvalue weighted by Crippen LogP contribution is -2.01. The lowest BCUT2D eigenvalue weighted by molar-refractivity contribution is -0.110.